The Balaban J connectivity index is 1.52. The summed E-state index contributed by atoms with van der Waals surface area (Å²) in [5.41, 5.74) is 2.85. The molecule has 1 aromatic carbocycles. The lowest BCUT2D eigenvalue weighted by Gasteiger charge is -2.02. The van der Waals surface area contributed by atoms with Crippen LogP contribution in [0.15, 0.2) is 55.0 Å². The molecule has 0 bridgehead atoms. The lowest BCUT2D eigenvalue weighted by Crippen LogP contribution is -2.11. The number of nitriles is 1. The van der Waals surface area contributed by atoms with Gasteiger partial charge in [0.15, 0.2) is 5.13 Å². The Bertz CT molecular complexity index is 882. The summed E-state index contributed by atoms with van der Waals surface area (Å²) in [5.74, 6) is -0.0453. The van der Waals surface area contributed by atoms with Crippen LogP contribution in [0, 0.1) is 11.3 Å². The zero-order chi connectivity index (χ0) is 17.5. The quantitative estimate of drug-likeness (QED) is 0.738. The van der Waals surface area contributed by atoms with Crippen LogP contribution in [-0.2, 0) is 17.6 Å². The SMILES string of the molecule is N#Cc1ccc(Cc2cnc(NC(=O)CCc3ccncc3)s2)cc1. The highest BCUT2D eigenvalue weighted by molar-refractivity contribution is 7.15. The van der Waals surface area contributed by atoms with Crippen LogP contribution >= 0.6 is 11.3 Å². The normalized spacial score (nSPS) is 10.2. The first kappa shape index (κ1) is 16.8. The molecule has 0 saturated heterocycles. The number of pyridine rings is 1. The van der Waals surface area contributed by atoms with Gasteiger partial charge in [0.2, 0.25) is 5.91 Å². The van der Waals surface area contributed by atoms with Crippen LogP contribution in [0.4, 0.5) is 5.13 Å². The minimum absolute atomic E-state index is 0.0453. The molecule has 0 spiro atoms. The Morgan fingerprint density at radius 3 is 2.60 bits per heavy atom. The maximum atomic E-state index is 12.0. The topological polar surface area (TPSA) is 78.7 Å². The molecule has 0 aliphatic heterocycles. The molecule has 0 radical (unpaired) electrons. The molecule has 5 nitrogen and oxygen atoms in total. The van der Waals surface area contributed by atoms with E-state index >= 15 is 0 Å². The number of aromatic nitrogens is 2. The molecule has 0 aliphatic rings. The maximum absolute atomic E-state index is 12.0. The summed E-state index contributed by atoms with van der Waals surface area (Å²) >= 11 is 1.47. The van der Waals surface area contributed by atoms with Crippen molar-refractivity contribution in [1.29, 1.82) is 5.26 Å². The number of anilines is 1. The Morgan fingerprint density at radius 2 is 1.88 bits per heavy atom. The van der Waals surface area contributed by atoms with E-state index in [1.165, 1.54) is 11.3 Å². The minimum Gasteiger partial charge on any atom is -0.302 e. The van der Waals surface area contributed by atoms with Gasteiger partial charge in [-0.25, -0.2) is 4.98 Å². The fourth-order valence-electron chi connectivity index (χ4n) is 2.33. The second kappa shape index (κ2) is 8.18. The van der Waals surface area contributed by atoms with Crippen molar-refractivity contribution in [3.63, 3.8) is 0 Å². The Morgan fingerprint density at radius 1 is 1.12 bits per heavy atom. The molecule has 2 heterocycles. The van der Waals surface area contributed by atoms with Gasteiger partial charge in [0.1, 0.15) is 0 Å². The van der Waals surface area contributed by atoms with Crippen LogP contribution in [0.25, 0.3) is 0 Å². The van der Waals surface area contributed by atoms with E-state index in [2.05, 4.69) is 21.4 Å². The summed E-state index contributed by atoms with van der Waals surface area (Å²) in [6, 6.07) is 13.4. The molecule has 1 N–H and O–H groups in total. The summed E-state index contributed by atoms with van der Waals surface area (Å²) < 4.78 is 0. The van der Waals surface area contributed by atoms with Gasteiger partial charge >= 0.3 is 0 Å². The van der Waals surface area contributed by atoms with Gasteiger partial charge in [-0.2, -0.15) is 5.26 Å². The average molecular weight is 348 g/mol. The van der Waals surface area contributed by atoms with Gasteiger partial charge in [-0.1, -0.05) is 12.1 Å². The van der Waals surface area contributed by atoms with Crippen LogP contribution in [0.5, 0.6) is 0 Å². The summed E-state index contributed by atoms with van der Waals surface area (Å²) in [5, 5.41) is 12.3. The van der Waals surface area contributed by atoms with Crippen molar-refractivity contribution in [2.24, 2.45) is 0 Å². The largest absolute Gasteiger partial charge is 0.302 e. The number of rotatable bonds is 6. The smallest absolute Gasteiger partial charge is 0.226 e. The lowest BCUT2D eigenvalue weighted by molar-refractivity contribution is -0.116. The van der Waals surface area contributed by atoms with E-state index in [9.17, 15) is 4.79 Å². The minimum atomic E-state index is -0.0453. The van der Waals surface area contributed by atoms with Gasteiger partial charge in [-0.05, 0) is 41.8 Å². The Labute approximate surface area is 150 Å². The maximum Gasteiger partial charge on any atom is 0.226 e. The molecule has 6 heteroatoms. The van der Waals surface area contributed by atoms with Gasteiger partial charge < -0.3 is 5.32 Å². The number of thiazole rings is 1. The Hall–Kier alpha value is -3.04. The molecular formula is C19H16N4OS. The van der Waals surface area contributed by atoms with Crippen LogP contribution < -0.4 is 5.32 Å². The molecule has 0 unspecified atom stereocenters. The van der Waals surface area contributed by atoms with Crippen molar-refractivity contribution < 1.29 is 4.79 Å². The van der Waals surface area contributed by atoms with E-state index in [-0.39, 0.29) is 5.91 Å². The standard InChI is InChI=1S/C19H16N4OS/c20-12-16-3-1-15(2-4-16)11-17-13-22-19(25-17)23-18(24)6-5-14-7-9-21-10-8-14/h1-4,7-10,13H,5-6,11H2,(H,22,23,24). The third-order valence-corrected chi connectivity index (χ3v) is 4.56. The third-order valence-electron chi connectivity index (χ3n) is 3.65. The van der Waals surface area contributed by atoms with Crippen molar-refractivity contribution in [1.82, 2.24) is 9.97 Å². The fraction of sp³-hybridized carbons (Fsp3) is 0.158. The molecule has 25 heavy (non-hydrogen) atoms. The summed E-state index contributed by atoms with van der Waals surface area (Å²) in [6.07, 6.45) is 7.05. The monoisotopic (exact) mass is 348 g/mol. The molecule has 124 valence electrons. The lowest BCUT2D eigenvalue weighted by atomic mass is 10.1. The van der Waals surface area contributed by atoms with E-state index in [4.69, 9.17) is 5.26 Å². The van der Waals surface area contributed by atoms with Gasteiger partial charge in [-0.3, -0.25) is 9.78 Å². The van der Waals surface area contributed by atoms with Gasteiger partial charge in [0, 0.05) is 36.3 Å². The fourth-order valence-corrected chi connectivity index (χ4v) is 3.20. The summed E-state index contributed by atoms with van der Waals surface area (Å²) in [7, 11) is 0. The zero-order valence-corrected chi connectivity index (χ0v) is 14.3. The highest BCUT2D eigenvalue weighted by Gasteiger charge is 2.08. The molecule has 0 fully saturated rings. The second-order valence-electron chi connectivity index (χ2n) is 5.52. The number of nitrogens with zero attached hydrogens (tertiary/aromatic N) is 3. The number of hydrogen-bond acceptors (Lipinski definition) is 5. The summed E-state index contributed by atoms with van der Waals surface area (Å²) in [6.45, 7) is 0. The first-order valence-electron chi connectivity index (χ1n) is 7.85. The van der Waals surface area contributed by atoms with Gasteiger partial charge in [0.05, 0.1) is 11.6 Å². The van der Waals surface area contributed by atoms with Crippen molar-refractivity contribution in [2.75, 3.05) is 5.32 Å². The predicted molar refractivity (Wildman–Crippen MR) is 97.3 cm³/mol. The molecular weight excluding hydrogens is 332 g/mol. The van der Waals surface area contributed by atoms with E-state index in [1.807, 2.05) is 24.3 Å². The third kappa shape index (κ3) is 4.96. The highest BCUT2D eigenvalue weighted by atomic mass is 32.1. The first-order chi connectivity index (χ1) is 12.2. The second-order valence-corrected chi connectivity index (χ2v) is 6.64. The molecule has 2 aromatic heterocycles. The number of nitrogens with one attached hydrogen (secondary N) is 1. The molecule has 1 amide bonds. The number of aryl methyl sites for hydroxylation is 1. The number of carbonyl (C=O) groups is 1. The van der Waals surface area contributed by atoms with Gasteiger partial charge in [0.25, 0.3) is 0 Å². The average Bonchev–Trinajstić information content (AvgIpc) is 3.08. The van der Waals surface area contributed by atoms with E-state index < -0.39 is 0 Å². The Kier molecular flexibility index (Phi) is 5.50. The molecule has 3 rings (SSSR count). The zero-order valence-electron chi connectivity index (χ0n) is 13.5. The van der Waals surface area contributed by atoms with Crippen molar-refractivity contribution >= 4 is 22.4 Å². The van der Waals surface area contributed by atoms with Crippen LogP contribution in [-0.4, -0.2) is 15.9 Å². The number of amides is 1. The van der Waals surface area contributed by atoms with Gasteiger partial charge in [-0.15, -0.1) is 11.3 Å². The van der Waals surface area contributed by atoms with Crippen molar-refractivity contribution in [2.45, 2.75) is 19.3 Å². The van der Waals surface area contributed by atoms with Crippen LogP contribution in [0.1, 0.15) is 28.0 Å². The predicted octanol–water partition coefficient (Wildman–Crippen LogP) is 3.57. The molecule has 0 aliphatic carbocycles. The number of hydrogen-bond donors (Lipinski definition) is 1. The van der Waals surface area contributed by atoms with Crippen LogP contribution in [0.3, 0.4) is 0 Å². The van der Waals surface area contributed by atoms with Crippen molar-refractivity contribution in [3.8, 4) is 6.07 Å². The van der Waals surface area contributed by atoms with E-state index in [1.54, 1.807) is 30.7 Å². The molecule has 0 atom stereocenters. The number of carbonyl (C=O) groups excluding carboxylic acids is 1. The summed E-state index contributed by atoms with van der Waals surface area (Å²) in [4.78, 5) is 21.3. The van der Waals surface area contributed by atoms with Crippen LogP contribution in [0.2, 0.25) is 0 Å². The molecule has 0 saturated carbocycles. The first-order valence-corrected chi connectivity index (χ1v) is 8.67. The highest BCUT2D eigenvalue weighted by Crippen LogP contribution is 2.21. The molecule has 3 aromatic rings. The van der Waals surface area contributed by atoms with E-state index in [0.717, 1.165) is 22.4 Å². The van der Waals surface area contributed by atoms with Crippen molar-refractivity contribution in [3.05, 3.63) is 76.6 Å². The number of benzene rings is 1. The van der Waals surface area contributed by atoms with E-state index in [0.29, 0.717) is 23.5 Å².